The fraction of sp³-hybridized carbons (Fsp3) is 0.152. The Morgan fingerprint density at radius 3 is 1.09 bits per heavy atom. The molecule has 0 spiro atoms. The van der Waals surface area contributed by atoms with Gasteiger partial charge in [-0.3, -0.25) is 40.5 Å². The van der Waals surface area contributed by atoms with E-state index in [9.17, 15) is 59.6 Å². The molecule has 0 bridgehead atoms. The van der Waals surface area contributed by atoms with E-state index in [0.717, 1.165) is 97.1 Å². The van der Waals surface area contributed by atoms with E-state index in [2.05, 4.69) is 0 Å². The molecule has 1 aliphatic rings. The molecule has 4 atom stereocenters. The summed E-state index contributed by atoms with van der Waals surface area (Å²) >= 11 is 0. The van der Waals surface area contributed by atoms with Crippen molar-refractivity contribution in [3.05, 3.63) is 160 Å². The number of nitro benzene ring substituents is 4. The lowest BCUT2D eigenvalue weighted by molar-refractivity contribution is -0.385. The van der Waals surface area contributed by atoms with Crippen LogP contribution in [0.25, 0.3) is 0 Å². The van der Waals surface area contributed by atoms with Crippen LogP contribution in [0, 0.1) is 40.5 Å². The maximum atomic E-state index is 13.3. The largest absolute Gasteiger partial charge is 0.459 e. The highest BCUT2D eigenvalue weighted by atomic mass is 16.8. The van der Waals surface area contributed by atoms with Crippen molar-refractivity contribution in [2.45, 2.75) is 24.6 Å². The first-order chi connectivity index (χ1) is 25.7. The van der Waals surface area contributed by atoms with E-state index in [-0.39, 0.29) is 45.0 Å². The topological polar surface area (TPSA) is 287 Å². The Kier molecular flexibility index (Phi) is 11.2. The number of carbonyl (C=O) groups is 4. The molecular formula is C33H22N4O17. The van der Waals surface area contributed by atoms with Crippen LogP contribution in [0.15, 0.2) is 97.1 Å². The zero-order chi connectivity index (χ0) is 39.1. The molecule has 21 heteroatoms. The van der Waals surface area contributed by atoms with E-state index in [0.29, 0.717) is 0 Å². The van der Waals surface area contributed by atoms with Crippen molar-refractivity contribution in [1.29, 1.82) is 0 Å². The van der Waals surface area contributed by atoms with Crippen LogP contribution in [0.5, 0.6) is 0 Å². The number of nitrogens with zero attached hydrogens (tertiary/aromatic N) is 4. The first kappa shape index (κ1) is 37.6. The second-order valence-electron chi connectivity index (χ2n) is 11.0. The standard InChI is InChI=1S/C33H22N4O17/c38-29(18-1-9-22(10-2-18)34(42)43)50-17-26-27(52-30(39)19-3-11-23(12-4-19)35(44)45)28(53-31(40)20-5-13-24(14-6-20)36(46)47)33(51-26)54-32(41)21-7-15-25(16-8-21)37(48)49/h1-16,26-28,33H,17H2/t26-,27-,28-,33-/m1/s1. The Morgan fingerprint density at radius 2 is 0.759 bits per heavy atom. The Bertz CT molecular complexity index is 2120. The molecule has 0 radical (unpaired) electrons. The highest BCUT2D eigenvalue weighted by Crippen LogP contribution is 2.31. The lowest BCUT2D eigenvalue weighted by Crippen LogP contribution is -2.42. The molecule has 21 nitrogen and oxygen atoms in total. The zero-order valence-electron chi connectivity index (χ0n) is 27.0. The summed E-state index contributed by atoms with van der Waals surface area (Å²) in [5.41, 5.74) is -2.23. The number of ether oxygens (including phenoxy) is 5. The van der Waals surface area contributed by atoms with Gasteiger partial charge in [0.05, 0.1) is 41.9 Å². The molecule has 0 N–H and O–H groups in total. The molecule has 1 heterocycles. The average Bonchev–Trinajstić information content (AvgIpc) is 3.47. The molecule has 0 aliphatic carbocycles. The molecule has 1 aliphatic heterocycles. The van der Waals surface area contributed by atoms with E-state index in [4.69, 9.17) is 23.7 Å². The van der Waals surface area contributed by atoms with Crippen LogP contribution in [0.4, 0.5) is 22.7 Å². The van der Waals surface area contributed by atoms with Gasteiger partial charge in [-0.15, -0.1) is 0 Å². The van der Waals surface area contributed by atoms with Crippen molar-refractivity contribution >= 4 is 46.6 Å². The second kappa shape index (κ2) is 16.1. The summed E-state index contributed by atoms with van der Waals surface area (Å²) in [6.07, 6.45) is -7.10. The van der Waals surface area contributed by atoms with Crippen LogP contribution in [0.3, 0.4) is 0 Å². The minimum absolute atomic E-state index is 0.139. The van der Waals surface area contributed by atoms with Gasteiger partial charge in [0.2, 0.25) is 12.4 Å². The van der Waals surface area contributed by atoms with Gasteiger partial charge in [-0.05, 0) is 48.5 Å². The van der Waals surface area contributed by atoms with Gasteiger partial charge in [-0.2, -0.15) is 0 Å². The molecule has 0 saturated carbocycles. The lowest BCUT2D eigenvalue weighted by Gasteiger charge is -2.24. The first-order valence-corrected chi connectivity index (χ1v) is 15.1. The Balaban J connectivity index is 1.47. The second-order valence-corrected chi connectivity index (χ2v) is 11.0. The smallest absolute Gasteiger partial charge is 0.340 e. The third-order valence-electron chi connectivity index (χ3n) is 7.61. The van der Waals surface area contributed by atoms with E-state index in [1.165, 1.54) is 0 Å². The first-order valence-electron chi connectivity index (χ1n) is 15.1. The number of hydrogen-bond donors (Lipinski definition) is 0. The van der Waals surface area contributed by atoms with E-state index >= 15 is 0 Å². The number of hydrogen-bond acceptors (Lipinski definition) is 17. The molecule has 54 heavy (non-hydrogen) atoms. The number of rotatable bonds is 13. The average molecular weight is 747 g/mol. The summed E-state index contributed by atoms with van der Waals surface area (Å²) in [5.74, 6) is -4.51. The van der Waals surface area contributed by atoms with Crippen LogP contribution in [-0.4, -0.2) is 74.8 Å². The summed E-state index contributed by atoms with van der Waals surface area (Å²) in [6.45, 7) is -0.773. The molecule has 0 amide bonds. The number of benzene rings is 4. The molecule has 0 aromatic heterocycles. The van der Waals surface area contributed by atoms with Gasteiger partial charge in [-0.25, -0.2) is 19.2 Å². The molecule has 4 aromatic rings. The van der Waals surface area contributed by atoms with Crippen LogP contribution < -0.4 is 0 Å². The molecule has 4 aromatic carbocycles. The van der Waals surface area contributed by atoms with Gasteiger partial charge in [0.15, 0.2) is 6.10 Å². The van der Waals surface area contributed by atoms with Gasteiger partial charge < -0.3 is 23.7 Å². The monoisotopic (exact) mass is 746 g/mol. The van der Waals surface area contributed by atoms with Crippen molar-refractivity contribution in [2.24, 2.45) is 0 Å². The van der Waals surface area contributed by atoms with E-state index < -0.39 is 74.8 Å². The molecular weight excluding hydrogens is 724 g/mol. The Hall–Kier alpha value is -7.68. The maximum Gasteiger partial charge on any atom is 0.340 e. The Labute approximate surface area is 300 Å². The fourth-order valence-electron chi connectivity index (χ4n) is 4.86. The van der Waals surface area contributed by atoms with Gasteiger partial charge in [0.25, 0.3) is 22.7 Å². The Morgan fingerprint density at radius 1 is 0.463 bits per heavy atom. The third kappa shape index (κ3) is 8.78. The summed E-state index contributed by atoms with van der Waals surface area (Å²) in [7, 11) is 0. The predicted octanol–water partition coefficient (Wildman–Crippen LogP) is 4.51. The minimum Gasteiger partial charge on any atom is -0.459 e. The quantitative estimate of drug-likeness (QED) is 0.0786. The normalized spacial score (nSPS) is 17.4. The number of nitro groups is 4. The predicted molar refractivity (Wildman–Crippen MR) is 175 cm³/mol. The summed E-state index contributed by atoms with van der Waals surface area (Å²) in [4.78, 5) is 94.2. The van der Waals surface area contributed by atoms with Gasteiger partial charge >= 0.3 is 23.9 Å². The van der Waals surface area contributed by atoms with Crippen LogP contribution in [0.1, 0.15) is 41.4 Å². The van der Waals surface area contributed by atoms with Crippen molar-refractivity contribution < 1.29 is 62.6 Å². The van der Waals surface area contributed by atoms with Crippen molar-refractivity contribution in [1.82, 2.24) is 0 Å². The molecule has 1 fully saturated rings. The lowest BCUT2D eigenvalue weighted by atomic mass is 10.1. The highest BCUT2D eigenvalue weighted by Gasteiger charge is 2.52. The highest BCUT2D eigenvalue weighted by molar-refractivity contribution is 5.92. The number of esters is 4. The molecule has 0 unspecified atom stereocenters. The summed E-state index contributed by atoms with van der Waals surface area (Å²) < 4.78 is 27.8. The zero-order valence-corrected chi connectivity index (χ0v) is 27.0. The number of non-ortho nitro benzene ring substituents is 4. The van der Waals surface area contributed by atoms with Crippen LogP contribution >= 0.6 is 0 Å². The molecule has 276 valence electrons. The van der Waals surface area contributed by atoms with Crippen LogP contribution in [-0.2, 0) is 23.7 Å². The van der Waals surface area contributed by atoms with Gasteiger partial charge in [0, 0.05) is 48.5 Å². The fourth-order valence-corrected chi connectivity index (χ4v) is 4.86. The SMILES string of the molecule is O=C(OC[C@H]1O[C@H](OC(=O)c2ccc([N+](=O)[O-])cc2)[C@H](OC(=O)c2ccc([N+](=O)[O-])cc2)[C@@H]1OC(=O)c1ccc([N+](=O)[O-])cc1)c1ccc([N+](=O)[O-])cc1. The van der Waals surface area contributed by atoms with Gasteiger partial charge in [0.1, 0.15) is 12.7 Å². The summed E-state index contributed by atoms with van der Waals surface area (Å²) in [5, 5.41) is 44.3. The van der Waals surface area contributed by atoms with Crippen molar-refractivity contribution in [2.75, 3.05) is 6.61 Å². The van der Waals surface area contributed by atoms with Crippen LogP contribution in [0.2, 0.25) is 0 Å². The van der Waals surface area contributed by atoms with Crippen molar-refractivity contribution in [3.63, 3.8) is 0 Å². The molecule has 1 saturated heterocycles. The number of carbonyl (C=O) groups excluding carboxylic acids is 4. The molecule has 5 rings (SSSR count). The third-order valence-corrected chi connectivity index (χ3v) is 7.61. The van der Waals surface area contributed by atoms with E-state index in [1.54, 1.807) is 0 Å². The van der Waals surface area contributed by atoms with Crippen molar-refractivity contribution in [3.8, 4) is 0 Å². The summed E-state index contributed by atoms with van der Waals surface area (Å²) in [6, 6.07) is 16.7. The van der Waals surface area contributed by atoms with Gasteiger partial charge in [-0.1, -0.05) is 0 Å². The minimum atomic E-state index is -1.92. The maximum absolute atomic E-state index is 13.3. The van der Waals surface area contributed by atoms with E-state index in [1.807, 2.05) is 0 Å².